The van der Waals surface area contributed by atoms with Crippen molar-refractivity contribution in [3.63, 3.8) is 0 Å². The molecule has 0 bridgehead atoms. The Labute approximate surface area is 151 Å². The molecule has 1 aromatic carbocycles. The molecule has 0 unspecified atom stereocenters. The van der Waals surface area contributed by atoms with Crippen molar-refractivity contribution in [3.8, 4) is 22.8 Å². The van der Waals surface area contributed by atoms with E-state index in [0.29, 0.717) is 5.69 Å². The maximum atomic E-state index is 11.4. The van der Waals surface area contributed by atoms with E-state index in [2.05, 4.69) is 10.3 Å². The molecule has 0 saturated heterocycles. The van der Waals surface area contributed by atoms with Gasteiger partial charge in [-0.05, 0) is 31.9 Å². The fraction of sp³-hybridized carbons (Fsp3) is 0.316. The van der Waals surface area contributed by atoms with Gasteiger partial charge < -0.3 is 14.4 Å². The number of benzene rings is 1. The van der Waals surface area contributed by atoms with Gasteiger partial charge in [-0.25, -0.2) is 0 Å². The number of para-hydroxylation sites is 1. The third-order valence-electron chi connectivity index (χ3n) is 4.37. The predicted molar refractivity (Wildman–Crippen MR) is 98.3 cm³/mol. The number of unbranched alkanes of at least 4 members (excludes halogenated alkanes) is 1. The van der Waals surface area contributed by atoms with Gasteiger partial charge in [0.05, 0.1) is 19.0 Å². The van der Waals surface area contributed by atoms with Crippen molar-refractivity contribution in [2.45, 2.75) is 32.9 Å². The second-order valence-electron chi connectivity index (χ2n) is 6.08. The average molecular weight is 354 g/mol. The molecule has 0 amide bonds. The van der Waals surface area contributed by atoms with Gasteiger partial charge in [-0.1, -0.05) is 17.3 Å². The Morgan fingerprint density at radius 2 is 1.92 bits per heavy atom. The molecule has 0 saturated carbocycles. The molecule has 3 rings (SSSR count). The predicted octanol–water partition coefficient (Wildman–Crippen LogP) is 2.61. The lowest BCUT2D eigenvalue weighted by Crippen LogP contribution is -2.10. The van der Waals surface area contributed by atoms with Crippen LogP contribution >= 0.6 is 0 Å². The highest BCUT2D eigenvalue weighted by atomic mass is 16.5. The Bertz CT molecular complexity index is 946. The second kappa shape index (κ2) is 7.86. The molecule has 0 spiro atoms. The third kappa shape index (κ3) is 3.77. The Morgan fingerprint density at radius 3 is 2.73 bits per heavy atom. The SMILES string of the molecule is COc1ccccc1-c1cn(CCCCn2ccc(=O)c(O)c2C)nn1. The van der Waals surface area contributed by atoms with Crippen molar-refractivity contribution in [3.05, 3.63) is 58.6 Å². The summed E-state index contributed by atoms with van der Waals surface area (Å²) in [6.07, 6.45) is 5.43. The molecule has 0 aliphatic rings. The lowest BCUT2D eigenvalue weighted by Gasteiger charge is -2.11. The van der Waals surface area contributed by atoms with Crippen LogP contribution in [0.2, 0.25) is 0 Å². The molecule has 0 aliphatic carbocycles. The number of hydrogen-bond acceptors (Lipinski definition) is 5. The standard InChI is InChI=1S/C19H22N4O3/c1-14-19(25)17(24)9-12-22(14)10-5-6-11-23-13-16(20-21-23)15-7-3-4-8-18(15)26-2/h3-4,7-9,12-13,25H,5-6,10-11H2,1-2H3. The minimum Gasteiger partial charge on any atom is -0.503 e. The summed E-state index contributed by atoms with van der Waals surface area (Å²) in [5.74, 6) is 0.596. The molecule has 136 valence electrons. The molecular weight excluding hydrogens is 332 g/mol. The molecular formula is C19H22N4O3. The topological polar surface area (TPSA) is 82.2 Å². The first-order valence-electron chi connectivity index (χ1n) is 8.52. The van der Waals surface area contributed by atoms with Gasteiger partial charge in [0.25, 0.3) is 0 Å². The summed E-state index contributed by atoms with van der Waals surface area (Å²) in [5, 5.41) is 18.1. The zero-order valence-electron chi connectivity index (χ0n) is 14.9. The Balaban J connectivity index is 1.58. The first-order valence-corrected chi connectivity index (χ1v) is 8.52. The van der Waals surface area contributed by atoms with E-state index >= 15 is 0 Å². The van der Waals surface area contributed by atoms with Crippen LogP contribution < -0.4 is 10.2 Å². The van der Waals surface area contributed by atoms with Gasteiger partial charge in [0.15, 0.2) is 5.75 Å². The van der Waals surface area contributed by atoms with Crippen LogP contribution in [0.1, 0.15) is 18.5 Å². The van der Waals surface area contributed by atoms with Crippen LogP contribution in [0.15, 0.2) is 47.5 Å². The molecule has 0 fully saturated rings. The lowest BCUT2D eigenvalue weighted by molar-refractivity contribution is 0.416. The molecule has 0 radical (unpaired) electrons. The van der Waals surface area contributed by atoms with Crippen molar-refractivity contribution in [1.82, 2.24) is 19.6 Å². The van der Waals surface area contributed by atoms with E-state index in [1.165, 1.54) is 6.07 Å². The molecule has 7 heteroatoms. The average Bonchev–Trinajstić information content (AvgIpc) is 3.13. The number of nitrogens with zero attached hydrogens (tertiary/aromatic N) is 4. The van der Waals surface area contributed by atoms with E-state index in [1.54, 1.807) is 20.2 Å². The Hall–Kier alpha value is -3.09. The largest absolute Gasteiger partial charge is 0.503 e. The molecule has 2 heterocycles. The first kappa shape index (κ1) is 17.7. The molecule has 1 N–H and O–H groups in total. The lowest BCUT2D eigenvalue weighted by atomic mass is 10.1. The smallest absolute Gasteiger partial charge is 0.223 e. The number of aromatic nitrogens is 4. The minimum absolute atomic E-state index is 0.176. The van der Waals surface area contributed by atoms with E-state index in [-0.39, 0.29) is 11.2 Å². The van der Waals surface area contributed by atoms with Crippen LogP contribution in [-0.4, -0.2) is 31.8 Å². The summed E-state index contributed by atoms with van der Waals surface area (Å²) in [4.78, 5) is 11.4. The van der Waals surface area contributed by atoms with Crippen molar-refractivity contribution in [1.29, 1.82) is 0 Å². The number of rotatable bonds is 7. The first-order chi connectivity index (χ1) is 12.6. The van der Waals surface area contributed by atoms with Crippen LogP contribution in [0, 0.1) is 6.92 Å². The monoisotopic (exact) mass is 354 g/mol. The highest BCUT2D eigenvalue weighted by Crippen LogP contribution is 2.27. The van der Waals surface area contributed by atoms with Crippen molar-refractivity contribution >= 4 is 0 Å². The minimum atomic E-state index is -0.342. The van der Waals surface area contributed by atoms with Crippen LogP contribution in [0.25, 0.3) is 11.3 Å². The van der Waals surface area contributed by atoms with Gasteiger partial charge >= 0.3 is 0 Å². The van der Waals surface area contributed by atoms with Gasteiger partial charge in [0.1, 0.15) is 11.4 Å². The fourth-order valence-corrected chi connectivity index (χ4v) is 2.85. The van der Waals surface area contributed by atoms with E-state index < -0.39 is 0 Å². The summed E-state index contributed by atoms with van der Waals surface area (Å²) in [7, 11) is 1.64. The van der Waals surface area contributed by atoms with E-state index in [1.807, 2.05) is 39.7 Å². The van der Waals surface area contributed by atoms with Gasteiger partial charge in [-0.3, -0.25) is 9.48 Å². The number of hydrogen-bond donors (Lipinski definition) is 1. The van der Waals surface area contributed by atoms with Crippen LogP contribution in [-0.2, 0) is 13.1 Å². The molecule has 7 nitrogen and oxygen atoms in total. The summed E-state index contributed by atoms with van der Waals surface area (Å²) in [5.41, 5.74) is 1.95. The maximum Gasteiger partial charge on any atom is 0.223 e. The molecule has 0 aliphatic heterocycles. The summed E-state index contributed by atoms with van der Waals surface area (Å²) in [6.45, 7) is 3.22. The van der Waals surface area contributed by atoms with Gasteiger partial charge in [0, 0.05) is 30.9 Å². The van der Waals surface area contributed by atoms with Crippen molar-refractivity contribution < 1.29 is 9.84 Å². The van der Waals surface area contributed by atoms with Gasteiger partial charge in [0.2, 0.25) is 5.43 Å². The summed E-state index contributed by atoms with van der Waals surface area (Å²) >= 11 is 0. The number of pyridine rings is 1. The Morgan fingerprint density at radius 1 is 1.15 bits per heavy atom. The van der Waals surface area contributed by atoms with Crippen LogP contribution in [0.4, 0.5) is 0 Å². The molecule has 3 aromatic rings. The van der Waals surface area contributed by atoms with Gasteiger partial charge in [-0.2, -0.15) is 0 Å². The summed E-state index contributed by atoms with van der Waals surface area (Å²) in [6, 6.07) is 9.11. The molecule has 2 aromatic heterocycles. The number of aryl methyl sites for hydroxylation is 2. The highest BCUT2D eigenvalue weighted by molar-refractivity contribution is 5.65. The third-order valence-corrected chi connectivity index (χ3v) is 4.37. The summed E-state index contributed by atoms with van der Waals surface area (Å²) < 4.78 is 9.07. The highest BCUT2D eigenvalue weighted by Gasteiger charge is 2.09. The van der Waals surface area contributed by atoms with E-state index in [9.17, 15) is 9.90 Å². The quantitative estimate of drug-likeness (QED) is 0.660. The van der Waals surface area contributed by atoms with Gasteiger partial charge in [-0.15, -0.1) is 5.10 Å². The normalized spacial score (nSPS) is 10.8. The fourth-order valence-electron chi connectivity index (χ4n) is 2.85. The Kier molecular flexibility index (Phi) is 5.36. The second-order valence-corrected chi connectivity index (χ2v) is 6.08. The molecule has 0 atom stereocenters. The maximum absolute atomic E-state index is 11.4. The van der Waals surface area contributed by atoms with Crippen LogP contribution in [0.5, 0.6) is 11.5 Å². The zero-order chi connectivity index (χ0) is 18.5. The number of aromatic hydroxyl groups is 1. The number of methoxy groups -OCH3 is 1. The van der Waals surface area contributed by atoms with Crippen molar-refractivity contribution in [2.75, 3.05) is 7.11 Å². The number of ether oxygens (including phenoxy) is 1. The zero-order valence-corrected chi connectivity index (χ0v) is 14.9. The van der Waals surface area contributed by atoms with E-state index in [0.717, 1.165) is 42.9 Å². The van der Waals surface area contributed by atoms with Crippen molar-refractivity contribution in [2.24, 2.45) is 0 Å². The van der Waals surface area contributed by atoms with Crippen LogP contribution in [0.3, 0.4) is 0 Å². The van der Waals surface area contributed by atoms with E-state index in [4.69, 9.17) is 4.74 Å². The molecule has 26 heavy (non-hydrogen) atoms.